The Hall–Kier alpha value is -2.24. The molecule has 4 nitrogen and oxygen atoms in total. The zero-order chi connectivity index (χ0) is 16.7. The van der Waals surface area contributed by atoms with Crippen molar-refractivity contribution in [1.29, 1.82) is 0 Å². The van der Waals surface area contributed by atoms with Gasteiger partial charge in [-0.05, 0) is 41.8 Å². The Morgan fingerprint density at radius 3 is 2.79 bits per heavy atom. The van der Waals surface area contributed by atoms with Crippen molar-refractivity contribution in [3.8, 4) is 0 Å². The maximum atomic E-state index is 13.2. The second-order valence-corrected chi connectivity index (χ2v) is 6.56. The fourth-order valence-corrected chi connectivity index (χ4v) is 3.60. The van der Waals surface area contributed by atoms with Gasteiger partial charge in [-0.3, -0.25) is 4.90 Å². The van der Waals surface area contributed by atoms with Gasteiger partial charge in [0.2, 0.25) is 0 Å². The summed E-state index contributed by atoms with van der Waals surface area (Å²) in [6.45, 7) is 1.37. The fourth-order valence-electron chi connectivity index (χ4n) is 3.60. The fraction of sp³-hybridized carbons (Fsp3) is 0.316. The first-order valence-corrected chi connectivity index (χ1v) is 8.18. The van der Waals surface area contributed by atoms with Crippen LogP contribution in [0.4, 0.5) is 4.39 Å². The molecule has 0 bridgehead atoms. The second kappa shape index (κ2) is 6.00. The molecule has 0 spiro atoms. The van der Waals surface area contributed by atoms with Crippen LogP contribution in [-0.2, 0) is 13.6 Å². The molecule has 1 aromatic heterocycles. The van der Waals surface area contributed by atoms with Crippen molar-refractivity contribution < 1.29 is 9.50 Å². The molecule has 24 heavy (non-hydrogen) atoms. The number of hydrogen-bond donors (Lipinski definition) is 1. The molecule has 0 unspecified atom stereocenters. The standard InChI is InChI=1S/C19H20FN3O/c1-22-12-21-17-8-13(2-7-18(17)22)10-23-11-16(24)9-19(23)14-3-5-15(20)6-4-14/h2-8,12,16,19,24H,9-11H2,1H3/t16-,19+/m0/s1. The zero-order valence-electron chi connectivity index (χ0n) is 13.6. The molecule has 1 N–H and O–H groups in total. The highest BCUT2D eigenvalue weighted by atomic mass is 19.1. The van der Waals surface area contributed by atoms with Crippen LogP contribution < -0.4 is 0 Å². The van der Waals surface area contributed by atoms with Crippen molar-refractivity contribution in [3.63, 3.8) is 0 Å². The molecule has 124 valence electrons. The lowest BCUT2D eigenvalue weighted by Crippen LogP contribution is -2.24. The smallest absolute Gasteiger partial charge is 0.123 e. The van der Waals surface area contributed by atoms with Gasteiger partial charge in [0.15, 0.2) is 0 Å². The van der Waals surface area contributed by atoms with Crippen molar-refractivity contribution in [1.82, 2.24) is 14.5 Å². The number of rotatable bonds is 3. The van der Waals surface area contributed by atoms with E-state index in [0.717, 1.165) is 23.1 Å². The molecule has 2 heterocycles. The van der Waals surface area contributed by atoms with Gasteiger partial charge in [-0.15, -0.1) is 0 Å². The van der Waals surface area contributed by atoms with Crippen molar-refractivity contribution in [2.75, 3.05) is 6.54 Å². The lowest BCUT2D eigenvalue weighted by molar-refractivity contribution is 0.172. The number of nitrogens with zero attached hydrogens (tertiary/aromatic N) is 3. The van der Waals surface area contributed by atoms with E-state index in [4.69, 9.17) is 0 Å². The maximum Gasteiger partial charge on any atom is 0.123 e. The average molecular weight is 325 g/mol. The Morgan fingerprint density at radius 2 is 2.00 bits per heavy atom. The Bertz CT molecular complexity index is 859. The molecule has 1 aliphatic heterocycles. The Kier molecular flexibility index (Phi) is 3.82. The van der Waals surface area contributed by atoms with Crippen LogP contribution in [0, 0.1) is 5.82 Å². The van der Waals surface area contributed by atoms with Gasteiger partial charge in [0.25, 0.3) is 0 Å². The number of likely N-dealkylation sites (tertiary alicyclic amines) is 1. The monoisotopic (exact) mass is 325 g/mol. The summed E-state index contributed by atoms with van der Waals surface area (Å²) in [5, 5.41) is 10.1. The van der Waals surface area contributed by atoms with E-state index in [1.807, 2.05) is 30.1 Å². The van der Waals surface area contributed by atoms with E-state index < -0.39 is 0 Å². The summed E-state index contributed by atoms with van der Waals surface area (Å²) >= 11 is 0. The minimum atomic E-state index is -0.348. The number of aliphatic hydroxyl groups is 1. The first-order chi connectivity index (χ1) is 11.6. The highest BCUT2D eigenvalue weighted by Gasteiger charge is 2.31. The Labute approximate surface area is 140 Å². The van der Waals surface area contributed by atoms with Crippen molar-refractivity contribution in [3.05, 3.63) is 65.7 Å². The third-order valence-electron chi connectivity index (χ3n) is 4.81. The number of aryl methyl sites for hydroxylation is 1. The molecule has 0 radical (unpaired) electrons. The van der Waals surface area contributed by atoms with E-state index in [1.165, 1.54) is 17.7 Å². The van der Waals surface area contributed by atoms with Gasteiger partial charge >= 0.3 is 0 Å². The molecular weight excluding hydrogens is 305 g/mol. The van der Waals surface area contributed by atoms with E-state index in [1.54, 1.807) is 0 Å². The molecule has 0 amide bonds. The molecule has 2 atom stereocenters. The lowest BCUT2D eigenvalue weighted by Gasteiger charge is -2.24. The zero-order valence-corrected chi connectivity index (χ0v) is 13.6. The average Bonchev–Trinajstić information content (AvgIpc) is 3.11. The van der Waals surface area contributed by atoms with Gasteiger partial charge in [0, 0.05) is 26.2 Å². The quantitative estimate of drug-likeness (QED) is 0.805. The van der Waals surface area contributed by atoms with Crippen molar-refractivity contribution in [2.24, 2.45) is 7.05 Å². The summed E-state index contributed by atoms with van der Waals surface area (Å²) in [6, 6.07) is 13.0. The van der Waals surface area contributed by atoms with E-state index in [2.05, 4.69) is 28.1 Å². The van der Waals surface area contributed by atoms with Crippen LogP contribution >= 0.6 is 0 Å². The van der Waals surface area contributed by atoms with Crippen LogP contribution in [0.15, 0.2) is 48.8 Å². The largest absolute Gasteiger partial charge is 0.392 e. The van der Waals surface area contributed by atoms with Crippen molar-refractivity contribution >= 4 is 11.0 Å². The number of aromatic nitrogens is 2. The summed E-state index contributed by atoms with van der Waals surface area (Å²) in [4.78, 5) is 6.66. The first kappa shape index (κ1) is 15.3. The van der Waals surface area contributed by atoms with Crippen LogP contribution in [0.3, 0.4) is 0 Å². The highest BCUT2D eigenvalue weighted by molar-refractivity contribution is 5.75. The first-order valence-electron chi connectivity index (χ1n) is 8.18. The van der Waals surface area contributed by atoms with E-state index in [0.29, 0.717) is 13.0 Å². The molecular formula is C19H20FN3O. The molecule has 2 aromatic carbocycles. The predicted molar refractivity (Wildman–Crippen MR) is 90.9 cm³/mol. The SMILES string of the molecule is Cn1cnc2cc(CN3C[C@@H](O)C[C@@H]3c3ccc(F)cc3)ccc21. The molecule has 1 aliphatic rings. The summed E-state index contributed by atoms with van der Waals surface area (Å²) in [5.74, 6) is -0.232. The second-order valence-electron chi connectivity index (χ2n) is 6.56. The molecule has 5 heteroatoms. The Balaban J connectivity index is 1.59. The number of hydrogen-bond acceptors (Lipinski definition) is 3. The van der Waals surface area contributed by atoms with Crippen LogP contribution in [0.1, 0.15) is 23.6 Å². The van der Waals surface area contributed by atoms with Crippen LogP contribution in [0.25, 0.3) is 11.0 Å². The van der Waals surface area contributed by atoms with Crippen LogP contribution in [-0.4, -0.2) is 32.2 Å². The van der Waals surface area contributed by atoms with Gasteiger partial charge in [-0.25, -0.2) is 9.37 Å². The number of benzene rings is 2. The summed E-state index contributed by atoms with van der Waals surface area (Å²) in [6.07, 6.45) is 2.14. The summed E-state index contributed by atoms with van der Waals surface area (Å²) < 4.78 is 15.2. The van der Waals surface area contributed by atoms with Crippen LogP contribution in [0.5, 0.6) is 0 Å². The maximum absolute atomic E-state index is 13.2. The third-order valence-corrected chi connectivity index (χ3v) is 4.81. The highest BCUT2D eigenvalue weighted by Crippen LogP contribution is 2.33. The van der Waals surface area contributed by atoms with Gasteiger partial charge in [-0.2, -0.15) is 0 Å². The van der Waals surface area contributed by atoms with E-state index in [9.17, 15) is 9.50 Å². The van der Waals surface area contributed by atoms with Crippen LogP contribution in [0.2, 0.25) is 0 Å². The van der Waals surface area contributed by atoms with Gasteiger partial charge in [0.05, 0.1) is 23.5 Å². The molecule has 0 saturated carbocycles. The minimum absolute atomic E-state index is 0.111. The molecule has 3 aromatic rings. The molecule has 1 fully saturated rings. The minimum Gasteiger partial charge on any atom is -0.392 e. The van der Waals surface area contributed by atoms with Crippen molar-refractivity contribution in [2.45, 2.75) is 25.1 Å². The summed E-state index contributed by atoms with van der Waals surface area (Å²) in [5.41, 5.74) is 4.30. The van der Waals surface area contributed by atoms with Gasteiger partial charge in [0.1, 0.15) is 5.82 Å². The molecule has 0 aliphatic carbocycles. The van der Waals surface area contributed by atoms with Gasteiger partial charge in [-0.1, -0.05) is 18.2 Å². The molecule has 4 rings (SSSR count). The lowest BCUT2D eigenvalue weighted by atomic mass is 10.0. The number of imidazole rings is 1. The number of halogens is 1. The summed E-state index contributed by atoms with van der Waals surface area (Å²) in [7, 11) is 1.98. The Morgan fingerprint density at radius 1 is 1.21 bits per heavy atom. The van der Waals surface area contributed by atoms with E-state index in [-0.39, 0.29) is 18.0 Å². The van der Waals surface area contributed by atoms with E-state index >= 15 is 0 Å². The number of fused-ring (bicyclic) bond motifs is 1. The van der Waals surface area contributed by atoms with Gasteiger partial charge < -0.3 is 9.67 Å². The number of aliphatic hydroxyl groups excluding tert-OH is 1. The normalized spacial score (nSPS) is 21.6. The molecule has 1 saturated heterocycles. The third kappa shape index (κ3) is 2.81. The number of β-amino-alcohol motifs (C(OH)–C–C–N with tert-alkyl or cyclic N) is 1. The topological polar surface area (TPSA) is 41.3 Å². The predicted octanol–water partition coefficient (Wildman–Crippen LogP) is 3.02.